The van der Waals surface area contributed by atoms with Crippen molar-refractivity contribution in [1.82, 2.24) is 9.97 Å². The quantitative estimate of drug-likeness (QED) is 0.454. The Morgan fingerprint density at radius 3 is 3.06 bits per heavy atom. The Labute approximate surface area is 104 Å². The molecule has 8 heteroatoms. The van der Waals surface area contributed by atoms with E-state index in [0.29, 0.717) is 24.8 Å². The predicted molar refractivity (Wildman–Crippen MR) is 65.7 cm³/mol. The Kier molecular flexibility index (Phi) is 3.58. The van der Waals surface area contributed by atoms with Gasteiger partial charge in [-0.2, -0.15) is 0 Å². The average Bonchev–Trinajstić information content (AvgIpc) is 2.39. The van der Waals surface area contributed by atoms with Crippen LogP contribution in [0.5, 0.6) is 0 Å². The lowest BCUT2D eigenvalue weighted by molar-refractivity contribution is -0.121. The average molecular weight is 252 g/mol. The van der Waals surface area contributed by atoms with E-state index in [-0.39, 0.29) is 6.61 Å². The van der Waals surface area contributed by atoms with Crippen LogP contribution in [0.2, 0.25) is 0 Å². The third-order valence-corrected chi connectivity index (χ3v) is 2.92. The number of hydrogen-bond acceptors (Lipinski definition) is 7. The molecule has 1 atom stereocenters. The molecule has 98 valence electrons. The van der Waals surface area contributed by atoms with Crippen molar-refractivity contribution in [3.05, 3.63) is 11.9 Å². The molecule has 1 saturated heterocycles. The van der Waals surface area contributed by atoms with E-state index in [1.807, 2.05) is 11.8 Å². The number of anilines is 2. The van der Waals surface area contributed by atoms with E-state index >= 15 is 0 Å². The Morgan fingerprint density at radius 1 is 1.61 bits per heavy atom. The molecule has 1 aliphatic heterocycles. The van der Waals surface area contributed by atoms with Gasteiger partial charge >= 0.3 is 0 Å². The van der Waals surface area contributed by atoms with Gasteiger partial charge in [-0.25, -0.2) is 15.8 Å². The number of hydrogen-bond donors (Lipinski definition) is 3. The van der Waals surface area contributed by atoms with Crippen molar-refractivity contribution in [1.29, 1.82) is 0 Å². The summed E-state index contributed by atoms with van der Waals surface area (Å²) in [5.41, 5.74) is 8.64. The summed E-state index contributed by atoms with van der Waals surface area (Å²) in [7, 11) is 0. The minimum atomic E-state index is -0.516. The lowest BCUT2D eigenvalue weighted by Crippen LogP contribution is -2.53. The lowest BCUT2D eigenvalue weighted by atomic mass is 10.2. The van der Waals surface area contributed by atoms with Crippen molar-refractivity contribution >= 4 is 17.5 Å². The maximum Gasteiger partial charge on any atom is 0.242 e. The van der Waals surface area contributed by atoms with E-state index in [1.54, 1.807) is 0 Å². The van der Waals surface area contributed by atoms with Gasteiger partial charge in [0.15, 0.2) is 0 Å². The second-order valence-electron chi connectivity index (χ2n) is 4.00. The maximum absolute atomic E-state index is 11.4. The molecular weight excluding hydrogens is 236 g/mol. The molecule has 1 aromatic heterocycles. The van der Waals surface area contributed by atoms with Crippen LogP contribution in [0.4, 0.5) is 11.6 Å². The van der Waals surface area contributed by atoms with Gasteiger partial charge in [0.2, 0.25) is 5.91 Å². The third kappa shape index (κ3) is 2.20. The highest BCUT2D eigenvalue weighted by atomic mass is 16.5. The van der Waals surface area contributed by atoms with E-state index in [9.17, 15) is 4.79 Å². The number of nitrogens with one attached hydrogen (secondary N) is 1. The van der Waals surface area contributed by atoms with E-state index in [2.05, 4.69) is 15.4 Å². The zero-order valence-corrected chi connectivity index (χ0v) is 10.1. The Balaban J connectivity index is 2.36. The highest BCUT2D eigenvalue weighted by molar-refractivity contribution is 5.84. The maximum atomic E-state index is 11.4. The summed E-state index contributed by atoms with van der Waals surface area (Å²) >= 11 is 0. The number of primary amides is 1. The van der Waals surface area contributed by atoms with Crippen LogP contribution >= 0.6 is 0 Å². The van der Waals surface area contributed by atoms with Crippen LogP contribution in [0.1, 0.15) is 5.56 Å². The van der Waals surface area contributed by atoms with Crippen molar-refractivity contribution < 1.29 is 9.53 Å². The molecule has 0 bridgehead atoms. The van der Waals surface area contributed by atoms with Crippen LogP contribution in [-0.2, 0) is 9.53 Å². The molecule has 0 spiro atoms. The molecule has 5 N–H and O–H groups in total. The SMILES string of the molecule is Cc1c(NN)ncnc1N1CCOCC1C(N)=O. The van der Waals surface area contributed by atoms with Crippen molar-refractivity contribution in [2.24, 2.45) is 11.6 Å². The van der Waals surface area contributed by atoms with Gasteiger partial charge in [0, 0.05) is 12.1 Å². The van der Waals surface area contributed by atoms with Gasteiger partial charge in [0.05, 0.1) is 13.2 Å². The van der Waals surface area contributed by atoms with Crippen molar-refractivity contribution in [2.75, 3.05) is 30.1 Å². The number of carbonyl (C=O) groups excluding carboxylic acids is 1. The van der Waals surface area contributed by atoms with Gasteiger partial charge < -0.3 is 20.8 Å². The molecule has 2 rings (SSSR count). The van der Waals surface area contributed by atoms with Gasteiger partial charge in [-0.15, -0.1) is 0 Å². The smallest absolute Gasteiger partial charge is 0.242 e. The molecule has 1 fully saturated rings. The first-order chi connectivity index (χ1) is 8.65. The fraction of sp³-hybridized carbons (Fsp3) is 0.500. The Bertz CT molecular complexity index is 452. The second-order valence-corrected chi connectivity index (χ2v) is 4.00. The summed E-state index contributed by atoms with van der Waals surface area (Å²) in [6, 6.07) is -0.516. The number of carbonyl (C=O) groups is 1. The number of ether oxygens (including phenoxy) is 1. The van der Waals surface area contributed by atoms with Gasteiger partial charge in [-0.3, -0.25) is 4.79 Å². The van der Waals surface area contributed by atoms with E-state index in [4.69, 9.17) is 16.3 Å². The molecule has 1 aromatic rings. The van der Waals surface area contributed by atoms with Crippen LogP contribution < -0.4 is 21.9 Å². The van der Waals surface area contributed by atoms with Crippen LogP contribution in [0.3, 0.4) is 0 Å². The first-order valence-corrected chi connectivity index (χ1v) is 5.57. The molecule has 8 nitrogen and oxygen atoms in total. The number of hydrazine groups is 1. The van der Waals surface area contributed by atoms with Gasteiger partial charge in [-0.05, 0) is 6.92 Å². The fourth-order valence-electron chi connectivity index (χ4n) is 1.97. The Morgan fingerprint density at radius 2 is 2.39 bits per heavy atom. The standard InChI is InChI=1S/C10H16N6O2/c1-6-9(15-12)13-5-14-10(6)16-2-3-18-4-7(16)8(11)17/h5,7H,2-4,12H2,1H3,(H2,11,17)(H,13,14,15). The molecular formula is C10H16N6O2. The molecule has 1 amide bonds. The van der Waals surface area contributed by atoms with Crippen LogP contribution in [0.25, 0.3) is 0 Å². The topological polar surface area (TPSA) is 119 Å². The van der Waals surface area contributed by atoms with E-state index in [0.717, 1.165) is 5.56 Å². The molecule has 0 saturated carbocycles. The highest BCUT2D eigenvalue weighted by Crippen LogP contribution is 2.24. The summed E-state index contributed by atoms with van der Waals surface area (Å²) in [5.74, 6) is 6.10. The van der Waals surface area contributed by atoms with Crippen molar-refractivity contribution in [3.8, 4) is 0 Å². The van der Waals surface area contributed by atoms with Crippen molar-refractivity contribution in [3.63, 3.8) is 0 Å². The molecule has 0 aromatic carbocycles. The summed E-state index contributed by atoms with van der Waals surface area (Å²) in [6.07, 6.45) is 1.39. The number of aromatic nitrogens is 2. The van der Waals surface area contributed by atoms with Crippen molar-refractivity contribution in [2.45, 2.75) is 13.0 Å². The van der Waals surface area contributed by atoms with Gasteiger partial charge in [-0.1, -0.05) is 0 Å². The number of rotatable bonds is 3. The largest absolute Gasteiger partial charge is 0.377 e. The summed E-state index contributed by atoms with van der Waals surface area (Å²) in [4.78, 5) is 21.4. The summed E-state index contributed by atoms with van der Waals surface area (Å²) in [5, 5.41) is 0. The van der Waals surface area contributed by atoms with Crippen LogP contribution in [0.15, 0.2) is 6.33 Å². The van der Waals surface area contributed by atoms with Gasteiger partial charge in [0.1, 0.15) is 24.0 Å². The van der Waals surface area contributed by atoms with Gasteiger partial charge in [0.25, 0.3) is 0 Å². The molecule has 1 aliphatic rings. The monoisotopic (exact) mass is 252 g/mol. The molecule has 18 heavy (non-hydrogen) atoms. The van der Waals surface area contributed by atoms with Crippen LogP contribution in [-0.4, -0.2) is 41.7 Å². The highest BCUT2D eigenvalue weighted by Gasteiger charge is 2.30. The minimum absolute atomic E-state index is 0.268. The zero-order valence-electron chi connectivity index (χ0n) is 10.1. The Hall–Kier alpha value is -1.93. The fourth-order valence-corrected chi connectivity index (χ4v) is 1.97. The normalized spacial score (nSPS) is 19.7. The second kappa shape index (κ2) is 5.15. The first kappa shape index (κ1) is 12.5. The number of nitrogen functional groups attached to an aromatic ring is 1. The molecule has 0 aliphatic carbocycles. The summed E-state index contributed by atoms with van der Waals surface area (Å²) < 4.78 is 5.27. The molecule has 1 unspecified atom stereocenters. The molecule has 0 radical (unpaired) electrons. The third-order valence-electron chi connectivity index (χ3n) is 2.92. The molecule has 2 heterocycles. The zero-order chi connectivity index (χ0) is 13.1. The predicted octanol–water partition coefficient (Wildman–Crippen LogP) is -1.24. The lowest BCUT2D eigenvalue weighted by Gasteiger charge is -2.35. The number of amides is 1. The first-order valence-electron chi connectivity index (χ1n) is 5.57. The van der Waals surface area contributed by atoms with Crippen LogP contribution in [0, 0.1) is 6.92 Å². The number of nitrogens with two attached hydrogens (primary N) is 2. The minimum Gasteiger partial charge on any atom is -0.377 e. The number of nitrogens with zero attached hydrogens (tertiary/aromatic N) is 3. The number of morpholine rings is 1. The summed E-state index contributed by atoms with van der Waals surface area (Å²) in [6.45, 7) is 3.18. The van der Waals surface area contributed by atoms with E-state index in [1.165, 1.54) is 6.33 Å². The van der Waals surface area contributed by atoms with E-state index < -0.39 is 11.9 Å².